The summed E-state index contributed by atoms with van der Waals surface area (Å²) in [5, 5.41) is 7.89. The third-order valence-corrected chi connectivity index (χ3v) is 6.64. The number of nitrogens with zero attached hydrogens (tertiary/aromatic N) is 1. The Kier molecular flexibility index (Phi) is 7.96. The van der Waals surface area contributed by atoms with Gasteiger partial charge in [0, 0.05) is 15.6 Å². The zero-order valence-electron chi connectivity index (χ0n) is 17.8. The lowest BCUT2D eigenvalue weighted by molar-refractivity contribution is 0.283. The number of fused-ring (bicyclic) bond motifs is 1. The maximum Gasteiger partial charge on any atom is 0.174 e. The van der Waals surface area contributed by atoms with Gasteiger partial charge in [-0.05, 0) is 68.8 Å². The number of rotatable bonds is 8. The van der Waals surface area contributed by atoms with Crippen LogP contribution in [0.15, 0.2) is 77.9 Å². The van der Waals surface area contributed by atoms with E-state index in [2.05, 4.69) is 57.4 Å². The van der Waals surface area contributed by atoms with E-state index in [4.69, 9.17) is 32.7 Å². The average Bonchev–Trinajstić information content (AvgIpc) is 2.82. The average molecular weight is 591 g/mol. The van der Waals surface area contributed by atoms with Crippen molar-refractivity contribution in [1.82, 2.24) is 5.43 Å². The molecule has 0 amide bonds. The van der Waals surface area contributed by atoms with Crippen LogP contribution in [0.4, 0.5) is 0 Å². The van der Waals surface area contributed by atoms with Gasteiger partial charge in [0.15, 0.2) is 11.5 Å². The van der Waals surface area contributed by atoms with E-state index in [1.807, 2.05) is 36.4 Å². The Bertz CT molecular complexity index is 1290. The Morgan fingerprint density at radius 1 is 0.970 bits per heavy atom. The third-order valence-electron chi connectivity index (χ3n) is 5.13. The lowest BCUT2D eigenvalue weighted by Crippen LogP contribution is -2.07. The molecule has 0 aliphatic carbocycles. The maximum atomic E-state index is 6.20. The van der Waals surface area contributed by atoms with Crippen molar-refractivity contribution in [3.05, 3.63) is 103 Å². The van der Waals surface area contributed by atoms with E-state index in [1.54, 1.807) is 25.5 Å². The summed E-state index contributed by atoms with van der Waals surface area (Å²) in [5.74, 6) is 1.36. The van der Waals surface area contributed by atoms with Gasteiger partial charge in [0.25, 0.3) is 0 Å². The molecular formula is C26H21Cl2IN2O2. The molecule has 0 radical (unpaired) electrons. The summed E-state index contributed by atoms with van der Waals surface area (Å²) < 4.78 is 12.7. The lowest BCUT2D eigenvalue weighted by Gasteiger charge is -2.14. The normalized spacial score (nSPS) is 11.2. The van der Waals surface area contributed by atoms with E-state index in [0.29, 0.717) is 34.7 Å². The summed E-state index contributed by atoms with van der Waals surface area (Å²) >= 11 is 14.7. The molecule has 4 rings (SSSR count). The standard InChI is InChI=1S/C26H21Cl2IN2O2/c1-32-25-13-17(14-30-31-15-21-22(27)10-5-11-23(21)28)12-24(29)26(25)33-16-19-8-4-7-18-6-2-3-9-20(18)19/h2-14,31H,15-16H2,1H3/b30-14+. The Labute approximate surface area is 216 Å². The largest absolute Gasteiger partial charge is 0.493 e. The van der Waals surface area contributed by atoms with Crippen molar-refractivity contribution in [1.29, 1.82) is 0 Å². The first-order valence-electron chi connectivity index (χ1n) is 10.2. The van der Waals surface area contributed by atoms with Gasteiger partial charge in [-0.15, -0.1) is 0 Å². The summed E-state index contributed by atoms with van der Waals surface area (Å²) in [7, 11) is 1.63. The van der Waals surface area contributed by atoms with Crippen LogP contribution in [0.1, 0.15) is 16.7 Å². The van der Waals surface area contributed by atoms with E-state index in [1.165, 1.54) is 10.8 Å². The van der Waals surface area contributed by atoms with Crippen LogP contribution >= 0.6 is 45.8 Å². The van der Waals surface area contributed by atoms with Crippen LogP contribution in [0, 0.1) is 3.57 Å². The minimum absolute atomic E-state index is 0.426. The fourth-order valence-electron chi connectivity index (χ4n) is 3.47. The van der Waals surface area contributed by atoms with Gasteiger partial charge in [-0.25, -0.2) is 0 Å². The Morgan fingerprint density at radius 2 is 1.70 bits per heavy atom. The van der Waals surface area contributed by atoms with Crippen molar-refractivity contribution in [2.45, 2.75) is 13.2 Å². The van der Waals surface area contributed by atoms with Gasteiger partial charge in [0.2, 0.25) is 0 Å². The molecule has 33 heavy (non-hydrogen) atoms. The number of ether oxygens (including phenoxy) is 2. The molecule has 4 aromatic carbocycles. The third kappa shape index (κ3) is 5.72. The van der Waals surface area contributed by atoms with E-state index in [-0.39, 0.29) is 0 Å². The molecule has 0 spiro atoms. The smallest absolute Gasteiger partial charge is 0.174 e. The first-order chi connectivity index (χ1) is 16.1. The Morgan fingerprint density at radius 3 is 2.48 bits per heavy atom. The SMILES string of the molecule is COc1cc(/C=N/NCc2c(Cl)cccc2Cl)cc(I)c1OCc1cccc2ccccc12. The quantitative estimate of drug-likeness (QED) is 0.132. The van der Waals surface area contributed by atoms with Crippen LogP contribution in [0.5, 0.6) is 11.5 Å². The number of hydrogen-bond donors (Lipinski definition) is 1. The maximum absolute atomic E-state index is 6.20. The molecule has 0 fully saturated rings. The topological polar surface area (TPSA) is 42.8 Å². The molecule has 0 aromatic heterocycles. The van der Waals surface area contributed by atoms with Crippen molar-refractivity contribution < 1.29 is 9.47 Å². The second-order valence-corrected chi connectivity index (χ2v) is 9.23. The van der Waals surface area contributed by atoms with Crippen LogP contribution in [-0.2, 0) is 13.2 Å². The summed E-state index contributed by atoms with van der Waals surface area (Å²) in [6.45, 7) is 0.872. The van der Waals surface area contributed by atoms with Crippen molar-refractivity contribution in [2.24, 2.45) is 5.10 Å². The predicted octanol–water partition coefficient (Wildman–Crippen LogP) is 7.46. The second kappa shape index (κ2) is 11.1. The highest BCUT2D eigenvalue weighted by molar-refractivity contribution is 14.1. The summed E-state index contributed by atoms with van der Waals surface area (Å²) in [6, 6.07) is 23.8. The molecule has 0 aliphatic heterocycles. The monoisotopic (exact) mass is 590 g/mol. The lowest BCUT2D eigenvalue weighted by atomic mass is 10.1. The van der Waals surface area contributed by atoms with Crippen LogP contribution in [-0.4, -0.2) is 13.3 Å². The number of hydrazone groups is 1. The van der Waals surface area contributed by atoms with Crippen LogP contribution in [0.2, 0.25) is 10.0 Å². The van der Waals surface area contributed by atoms with E-state index < -0.39 is 0 Å². The fraction of sp³-hybridized carbons (Fsp3) is 0.115. The molecular weight excluding hydrogens is 570 g/mol. The number of benzene rings is 4. The van der Waals surface area contributed by atoms with E-state index in [9.17, 15) is 0 Å². The van der Waals surface area contributed by atoms with Gasteiger partial charge in [-0.2, -0.15) is 5.10 Å². The molecule has 0 saturated carbocycles. The number of halogens is 3. The van der Waals surface area contributed by atoms with Crippen molar-refractivity contribution >= 4 is 62.8 Å². The van der Waals surface area contributed by atoms with Gasteiger partial charge < -0.3 is 14.9 Å². The van der Waals surface area contributed by atoms with Crippen molar-refractivity contribution in [2.75, 3.05) is 7.11 Å². The zero-order chi connectivity index (χ0) is 23.2. The molecule has 0 aliphatic rings. The van der Waals surface area contributed by atoms with Gasteiger partial charge in [0.05, 0.1) is 23.4 Å². The van der Waals surface area contributed by atoms with Crippen LogP contribution in [0.3, 0.4) is 0 Å². The Hall–Kier alpha value is -2.48. The molecule has 0 atom stereocenters. The van der Waals surface area contributed by atoms with Gasteiger partial charge in [-0.1, -0.05) is 71.7 Å². The Balaban J connectivity index is 1.47. The predicted molar refractivity (Wildman–Crippen MR) is 145 cm³/mol. The summed E-state index contributed by atoms with van der Waals surface area (Å²) in [5.41, 5.74) is 5.81. The highest BCUT2D eigenvalue weighted by atomic mass is 127. The zero-order valence-corrected chi connectivity index (χ0v) is 21.5. The molecule has 4 aromatic rings. The molecule has 168 valence electrons. The second-order valence-electron chi connectivity index (χ2n) is 7.25. The first kappa shape index (κ1) is 23.7. The number of hydrogen-bond acceptors (Lipinski definition) is 4. The molecule has 0 unspecified atom stereocenters. The summed E-state index contributed by atoms with van der Waals surface area (Å²) in [4.78, 5) is 0. The van der Waals surface area contributed by atoms with Crippen molar-refractivity contribution in [3.63, 3.8) is 0 Å². The highest BCUT2D eigenvalue weighted by Crippen LogP contribution is 2.34. The highest BCUT2D eigenvalue weighted by Gasteiger charge is 2.12. The van der Waals surface area contributed by atoms with Gasteiger partial charge in [0.1, 0.15) is 6.61 Å². The van der Waals surface area contributed by atoms with Gasteiger partial charge in [-0.3, -0.25) is 0 Å². The van der Waals surface area contributed by atoms with Crippen LogP contribution in [0.25, 0.3) is 10.8 Å². The van der Waals surface area contributed by atoms with E-state index >= 15 is 0 Å². The molecule has 0 heterocycles. The number of methoxy groups -OCH3 is 1. The minimum Gasteiger partial charge on any atom is -0.493 e. The minimum atomic E-state index is 0.426. The molecule has 0 saturated heterocycles. The van der Waals surface area contributed by atoms with Crippen molar-refractivity contribution in [3.8, 4) is 11.5 Å². The fourth-order valence-corrected chi connectivity index (χ4v) is 4.78. The molecule has 1 N–H and O–H groups in total. The first-order valence-corrected chi connectivity index (χ1v) is 12.1. The molecule has 4 nitrogen and oxygen atoms in total. The summed E-state index contributed by atoms with van der Waals surface area (Å²) in [6.07, 6.45) is 1.73. The number of nitrogens with one attached hydrogen (secondary N) is 1. The molecule has 0 bridgehead atoms. The molecule has 7 heteroatoms. The van der Waals surface area contributed by atoms with Crippen LogP contribution < -0.4 is 14.9 Å². The van der Waals surface area contributed by atoms with Gasteiger partial charge >= 0.3 is 0 Å². The van der Waals surface area contributed by atoms with E-state index in [0.717, 1.165) is 20.3 Å².